The number of alkyl halides is 2. The van der Waals surface area contributed by atoms with Gasteiger partial charge in [0.2, 0.25) is 0 Å². The Hall–Kier alpha value is -1.52. The molecule has 3 rings (SSSR count). The largest absolute Gasteiger partial charge is 0.429 e. The third-order valence-electron chi connectivity index (χ3n) is 7.88. The lowest BCUT2D eigenvalue weighted by molar-refractivity contribution is -0.0546. The number of unbranched alkanes of at least 4 members (excludes halogenated alkanes) is 1. The van der Waals surface area contributed by atoms with E-state index in [0.717, 1.165) is 43.9 Å². The van der Waals surface area contributed by atoms with Crippen molar-refractivity contribution in [2.24, 2.45) is 17.8 Å². The van der Waals surface area contributed by atoms with Gasteiger partial charge in [0, 0.05) is 0 Å². The Labute approximate surface area is 197 Å². The van der Waals surface area contributed by atoms with E-state index in [1.807, 2.05) is 0 Å². The first-order valence-electron chi connectivity index (χ1n) is 13.0. The molecule has 2 fully saturated rings. The van der Waals surface area contributed by atoms with Crippen LogP contribution in [-0.4, -0.2) is 6.61 Å². The highest BCUT2D eigenvalue weighted by Gasteiger charge is 2.27. The van der Waals surface area contributed by atoms with Gasteiger partial charge in [0.1, 0.15) is 0 Å². The Balaban J connectivity index is 1.35. The number of benzene rings is 1. The second-order valence-corrected chi connectivity index (χ2v) is 10.2. The van der Waals surface area contributed by atoms with E-state index in [2.05, 4.69) is 23.8 Å². The Morgan fingerprint density at radius 1 is 0.818 bits per heavy atom. The third-order valence-corrected chi connectivity index (χ3v) is 7.88. The van der Waals surface area contributed by atoms with Crippen molar-refractivity contribution >= 4 is 0 Å². The van der Waals surface area contributed by atoms with Crippen molar-refractivity contribution in [3.63, 3.8) is 0 Å². The molecule has 2 aliphatic rings. The van der Waals surface area contributed by atoms with Gasteiger partial charge in [-0.2, -0.15) is 8.78 Å². The summed E-state index contributed by atoms with van der Waals surface area (Å²) >= 11 is 0. The molecule has 2 aliphatic carbocycles. The highest BCUT2D eigenvalue weighted by molar-refractivity contribution is 5.33. The molecule has 0 saturated heterocycles. The first kappa shape index (κ1) is 26.1. The number of rotatable bonds is 11. The average Bonchev–Trinajstić information content (AvgIpc) is 2.81. The number of hydrogen-bond donors (Lipinski definition) is 0. The Morgan fingerprint density at radius 3 is 1.85 bits per heavy atom. The molecule has 186 valence electrons. The first-order valence-corrected chi connectivity index (χ1v) is 13.0. The van der Waals surface area contributed by atoms with Crippen molar-refractivity contribution in [3.8, 4) is 5.75 Å². The fourth-order valence-electron chi connectivity index (χ4n) is 5.89. The fourth-order valence-corrected chi connectivity index (χ4v) is 5.89. The van der Waals surface area contributed by atoms with E-state index in [0.29, 0.717) is 11.5 Å². The van der Waals surface area contributed by atoms with Crippen LogP contribution in [0.2, 0.25) is 0 Å². The van der Waals surface area contributed by atoms with Crippen LogP contribution in [0.25, 0.3) is 0 Å². The van der Waals surface area contributed by atoms with Crippen molar-refractivity contribution in [2.75, 3.05) is 0 Å². The smallest absolute Gasteiger partial charge is 0.387 e. The summed E-state index contributed by atoms with van der Waals surface area (Å²) in [5, 5.41) is 0. The van der Waals surface area contributed by atoms with Gasteiger partial charge in [-0.3, -0.25) is 0 Å². The highest BCUT2D eigenvalue weighted by atomic mass is 19.3. The molecule has 1 nitrogen and oxygen atoms in total. The predicted molar refractivity (Wildman–Crippen MR) is 126 cm³/mol. The molecule has 0 heterocycles. The average molecular weight is 469 g/mol. The summed E-state index contributed by atoms with van der Waals surface area (Å²) in [6.07, 6.45) is 21.7. The van der Waals surface area contributed by atoms with Crippen LogP contribution in [0.4, 0.5) is 17.6 Å². The maximum absolute atomic E-state index is 14.1. The molecule has 0 atom stereocenters. The minimum absolute atomic E-state index is 0.0912. The Morgan fingerprint density at radius 2 is 1.33 bits per heavy atom. The van der Waals surface area contributed by atoms with Crippen LogP contribution in [0.3, 0.4) is 0 Å². The Kier molecular flexibility index (Phi) is 10.6. The first-order chi connectivity index (χ1) is 16.0. The lowest BCUT2D eigenvalue weighted by Crippen LogP contribution is -2.18. The van der Waals surface area contributed by atoms with Crippen molar-refractivity contribution in [1.82, 2.24) is 0 Å². The van der Waals surface area contributed by atoms with Crippen LogP contribution < -0.4 is 4.74 Å². The highest BCUT2D eigenvalue weighted by Crippen LogP contribution is 2.41. The van der Waals surface area contributed by atoms with Gasteiger partial charge in [-0.05, 0) is 86.3 Å². The molecule has 0 N–H and O–H groups in total. The van der Waals surface area contributed by atoms with Gasteiger partial charge < -0.3 is 4.74 Å². The van der Waals surface area contributed by atoms with Crippen LogP contribution in [0.1, 0.15) is 108 Å². The van der Waals surface area contributed by atoms with Crippen molar-refractivity contribution < 1.29 is 22.3 Å². The molecular weight excluding hydrogens is 428 g/mol. The predicted octanol–water partition coefficient (Wildman–Crippen LogP) is 9.56. The summed E-state index contributed by atoms with van der Waals surface area (Å²) in [6.45, 7) is -1.06. The normalized spacial score (nSPS) is 26.2. The van der Waals surface area contributed by atoms with Gasteiger partial charge in [-0.1, -0.05) is 64.0 Å². The monoisotopic (exact) mass is 468 g/mol. The summed E-state index contributed by atoms with van der Waals surface area (Å²) in [5.74, 6) is -0.491. The van der Waals surface area contributed by atoms with Gasteiger partial charge in [-0.25, -0.2) is 8.78 Å². The number of allylic oxidation sites excluding steroid dienone is 2. The van der Waals surface area contributed by atoms with E-state index < -0.39 is 24.0 Å². The zero-order chi connectivity index (χ0) is 23.6. The molecule has 0 aliphatic heterocycles. The summed E-state index contributed by atoms with van der Waals surface area (Å²) in [7, 11) is 0. The molecule has 0 unspecified atom stereocenters. The van der Waals surface area contributed by atoms with Crippen LogP contribution >= 0.6 is 0 Å². The van der Waals surface area contributed by atoms with Gasteiger partial charge in [0.15, 0.2) is 17.4 Å². The molecule has 0 bridgehead atoms. The molecule has 2 saturated carbocycles. The standard InChI is InChI=1S/C28H40F4O/c1-2-3-4-5-6-7-20-8-10-21(11-9-20)12-13-22-14-16-23(17-15-22)24-18-25(29)27(26(30)19-24)33-28(31)32/h3-4,18-23,28H,2,5-17H2,1H3/b4-3+. The SMILES string of the molecule is CC/C=C/CCCC1CCC(CCC2CCC(c3cc(F)c(OC(F)F)c(F)c3)CC2)CC1. The molecule has 0 aromatic heterocycles. The molecule has 0 radical (unpaired) electrons. The summed E-state index contributed by atoms with van der Waals surface area (Å²) in [5.41, 5.74) is 0.563. The lowest BCUT2D eigenvalue weighted by atomic mass is 9.74. The van der Waals surface area contributed by atoms with Crippen LogP contribution in [0, 0.1) is 29.4 Å². The van der Waals surface area contributed by atoms with Crippen LogP contribution in [-0.2, 0) is 0 Å². The molecule has 0 amide bonds. The molecule has 0 spiro atoms. The Bertz CT molecular complexity index is 708. The fraction of sp³-hybridized carbons (Fsp3) is 0.714. The van der Waals surface area contributed by atoms with Gasteiger partial charge in [0.05, 0.1) is 0 Å². The molecule has 5 heteroatoms. The topological polar surface area (TPSA) is 9.23 Å². The van der Waals surface area contributed by atoms with E-state index in [9.17, 15) is 17.6 Å². The summed E-state index contributed by atoms with van der Waals surface area (Å²) in [6, 6.07) is 2.34. The van der Waals surface area contributed by atoms with E-state index >= 15 is 0 Å². The van der Waals surface area contributed by atoms with E-state index in [-0.39, 0.29) is 5.92 Å². The number of ether oxygens (including phenoxy) is 1. The number of halogens is 4. The maximum Gasteiger partial charge on any atom is 0.387 e. The van der Waals surface area contributed by atoms with Crippen molar-refractivity contribution in [2.45, 2.75) is 109 Å². The van der Waals surface area contributed by atoms with Gasteiger partial charge in [0.25, 0.3) is 0 Å². The van der Waals surface area contributed by atoms with Gasteiger partial charge >= 0.3 is 6.61 Å². The van der Waals surface area contributed by atoms with Crippen molar-refractivity contribution in [3.05, 3.63) is 41.5 Å². The summed E-state index contributed by atoms with van der Waals surface area (Å²) < 4.78 is 56.8. The molecule has 1 aromatic rings. The zero-order valence-corrected chi connectivity index (χ0v) is 20.0. The van der Waals surface area contributed by atoms with Crippen LogP contribution in [0.5, 0.6) is 5.75 Å². The van der Waals surface area contributed by atoms with Crippen LogP contribution in [0.15, 0.2) is 24.3 Å². The van der Waals surface area contributed by atoms with E-state index in [1.165, 1.54) is 69.9 Å². The minimum Gasteiger partial charge on any atom is -0.429 e. The zero-order valence-electron chi connectivity index (χ0n) is 20.0. The van der Waals surface area contributed by atoms with Gasteiger partial charge in [-0.15, -0.1) is 0 Å². The summed E-state index contributed by atoms with van der Waals surface area (Å²) in [4.78, 5) is 0. The molecule has 1 aromatic carbocycles. The minimum atomic E-state index is -3.24. The quantitative estimate of drug-likeness (QED) is 0.178. The number of hydrogen-bond acceptors (Lipinski definition) is 1. The maximum atomic E-state index is 14.1. The second kappa shape index (κ2) is 13.4. The molecular formula is C28H40F4O. The molecule has 33 heavy (non-hydrogen) atoms. The third kappa shape index (κ3) is 8.33. The van der Waals surface area contributed by atoms with Crippen molar-refractivity contribution in [1.29, 1.82) is 0 Å². The van der Waals surface area contributed by atoms with E-state index in [1.54, 1.807) is 0 Å². The van der Waals surface area contributed by atoms with E-state index in [4.69, 9.17) is 0 Å². The second-order valence-electron chi connectivity index (χ2n) is 10.2. The lowest BCUT2D eigenvalue weighted by Gasteiger charge is -2.32.